The molecule has 3 N–H and O–H groups in total. The van der Waals surface area contributed by atoms with Gasteiger partial charge in [-0.15, -0.1) is 5.10 Å². The summed E-state index contributed by atoms with van der Waals surface area (Å²) >= 11 is 0. The number of anilines is 1. The van der Waals surface area contributed by atoms with Gasteiger partial charge in [-0.1, -0.05) is 12.8 Å². The number of aromatic amines is 1. The van der Waals surface area contributed by atoms with Crippen molar-refractivity contribution in [3.05, 3.63) is 0 Å². The number of rotatable bonds is 3. The molecule has 1 heterocycles. The van der Waals surface area contributed by atoms with E-state index in [-0.39, 0.29) is 24.0 Å². The second kappa shape index (κ2) is 4.82. The van der Waals surface area contributed by atoms with E-state index in [1.165, 1.54) is 20.0 Å². The lowest BCUT2D eigenvalue weighted by Crippen LogP contribution is -2.36. The molecule has 1 aromatic rings. The smallest absolute Gasteiger partial charge is 0.336 e. The zero-order valence-electron chi connectivity index (χ0n) is 9.12. The van der Waals surface area contributed by atoms with Crippen LogP contribution < -0.4 is 15.4 Å². The van der Waals surface area contributed by atoms with Gasteiger partial charge in [0.2, 0.25) is 5.95 Å². The number of hydrogen-bond acceptors (Lipinski definition) is 4. The zero-order valence-corrected chi connectivity index (χ0v) is 9.12. The lowest BCUT2D eigenvalue weighted by molar-refractivity contribution is 0.248. The van der Waals surface area contributed by atoms with Crippen LogP contribution in [0.4, 0.5) is 10.7 Å². The Balaban J connectivity index is 1.81. The summed E-state index contributed by atoms with van der Waals surface area (Å²) in [6, 6.07) is 0.228. The number of carbonyl (C=O) groups excluding carboxylic acids is 1. The van der Waals surface area contributed by atoms with Gasteiger partial charge in [0.05, 0.1) is 7.11 Å². The highest BCUT2D eigenvalue weighted by Crippen LogP contribution is 2.17. The van der Waals surface area contributed by atoms with Crippen LogP contribution in [0.25, 0.3) is 0 Å². The van der Waals surface area contributed by atoms with E-state index in [1.807, 2.05) is 0 Å². The number of aromatic nitrogens is 3. The number of nitrogens with one attached hydrogen (secondary N) is 3. The van der Waals surface area contributed by atoms with Crippen LogP contribution in [0, 0.1) is 0 Å². The summed E-state index contributed by atoms with van der Waals surface area (Å²) in [5.41, 5.74) is 0. The number of carbonyl (C=O) groups is 1. The number of ether oxygens (including phenoxy) is 1. The van der Waals surface area contributed by atoms with Crippen molar-refractivity contribution >= 4 is 12.0 Å². The fourth-order valence-electron chi connectivity index (χ4n) is 1.79. The van der Waals surface area contributed by atoms with Crippen LogP contribution in [0.3, 0.4) is 0 Å². The molecule has 0 spiro atoms. The Hall–Kier alpha value is -1.79. The lowest BCUT2D eigenvalue weighted by atomic mass is 10.3. The molecule has 7 heteroatoms. The van der Waals surface area contributed by atoms with Gasteiger partial charge >= 0.3 is 12.0 Å². The number of H-pyrrole nitrogens is 1. The number of amides is 2. The van der Waals surface area contributed by atoms with E-state index >= 15 is 0 Å². The monoisotopic (exact) mass is 225 g/mol. The van der Waals surface area contributed by atoms with E-state index in [4.69, 9.17) is 4.74 Å². The molecular formula is C9H15N5O2. The van der Waals surface area contributed by atoms with Crippen molar-refractivity contribution in [1.29, 1.82) is 0 Å². The molecule has 7 nitrogen and oxygen atoms in total. The first-order valence-corrected chi connectivity index (χ1v) is 5.32. The fourth-order valence-corrected chi connectivity index (χ4v) is 1.79. The van der Waals surface area contributed by atoms with Crippen LogP contribution in [0.15, 0.2) is 0 Å². The molecule has 0 saturated heterocycles. The third-order valence-electron chi connectivity index (χ3n) is 2.57. The summed E-state index contributed by atoms with van der Waals surface area (Å²) in [5.74, 6) is 0.285. The summed E-state index contributed by atoms with van der Waals surface area (Å²) in [4.78, 5) is 15.4. The predicted molar refractivity (Wildman–Crippen MR) is 57.3 cm³/mol. The maximum Gasteiger partial charge on any atom is 0.336 e. The van der Waals surface area contributed by atoms with Crippen molar-refractivity contribution in [1.82, 2.24) is 20.5 Å². The third-order valence-corrected chi connectivity index (χ3v) is 2.57. The minimum absolute atomic E-state index is 0.205. The normalized spacial score (nSPS) is 16.1. The van der Waals surface area contributed by atoms with Crippen molar-refractivity contribution in [3.63, 3.8) is 0 Å². The van der Waals surface area contributed by atoms with Crippen molar-refractivity contribution < 1.29 is 9.53 Å². The molecule has 1 aromatic heterocycles. The topological polar surface area (TPSA) is 91.9 Å². The molecule has 0 unspecified atom stereocenters. The Kier molecular flexibility index (Phi) is 3.23. The predicted octanol–water partition coefficient (Wildman–Crippen LogP) is 0.877. The zero-order chi connectivity index (χ0) is 11.4. The second-order valence-corrected chi connectivity index (χ2v) is 3.75. The van der Waals surface area contributed by atoms with Gasteiger partial charge in [0.25, 0.3) is 0 Å². The minimum Gasteiger partial charge on any atom is -0.466 e. The molecule has 1 saturated carbocycles. The van der Waals surface area contributed by atoms with Gasteiger partial charge in [-0.25, -0.2) is 9.89 Å². The molecule has 16 heavy (non-hydrogen) atoms. The average Bonchev–Trinajstić information content (AvgIpc) is 2.89. The quantitative estimate of drug-likeness (QED) is 0.712. The summed E-state index contributed by atoms with van der Waals surface area (Å²) in [6.45, 7) is 0. The van der Waals surface area contributed by atoms with E-state index in [1.54, 1.807) is 0 Å². The summed E-state index contributed by atoms with van der Waals surface area (Å²) in [6.07, 6.45) is 4.46. The third kappa shape index (κ3) is 2.62. The van der Waals surface area contributed by atoms with Crippen molar-refractivity contribution in [3.8, 4) is 6.01 Å². The van der Waals surface area contributed by atoms with Crippen LogP contribution >= 0.6 is 0 Å². The first kappa shape index (κ1) is 10.7. The Bertz CT molecular complexity index is 359. The summed E-state index contributed by atoms with van der Waals surface area (Å²) < 4.78 is 4.78. The lowest BCUT2D eigenvalue weighted by Gasteiger charge is -2.11. The SMILES string of the molecule is COc1n[nH]c(NC(=O)NC2CCCC2)n1. The maximum atomic E-state index is 11.5. The van der Waals surface area contributed by atoms with Crippen LogP contribution in [0.1, 0.15) is 25.7 Å². The summed E-state index contributed by atoms with van der Waals surface area (Å²) in [5, 5.41) is 11.7. The van der Waals surface area contributed by atoms with Gasteiger partial charge in [-0.05, 0) is 12.8 Å². The molecule has 88 valence electrons. The molecule has 0 aliphatic heterocycles. The van der Waals surface area contributed by atoms with Crippen molar-refractivity contribution in [2.75, 3.05) is 12.4 Å². The Morgan fingerprint density at radius 1 is 1.50 bits per heavy atom. The molecule has 0 radical (unpaired) electrons. The number of urea groups is 1. The van der Waals surface area contributed by atoms with Gasteiger partial charge in [0.1, 0.15) is 0 Å². The van der Waals surface area contributed by atoms with Crippen LogP contribution in [-0.2, 0) is 0 Å². The van der Waals surface area contributed by atoms with E-state index in [9.17, 15) is 4.79 Å². The first-order valence-electron chi connectivity index (χ1n) is 5.32. The van der Waals surface area contributed by atoms with E-state index in [0.29, 0.717) is 0 Å². The van der Waals surface area contributed by atoms with E-state index in [2.05, 4.69) is 25.8 Å². The Morgan fingerprint density at radius 3 is 2.88 bits per heavy atom. The highest BCUT2D eigenvalue weighted by molar-refractivity contribution is 5.87. The Morgan fingerprint density at radius 2 is 2.25 bits per heavy atom. The molecule has 2 rings (SSSR count). The highest BCUT2D eigenvalue weighted by Gasteiger charge is 2.17. The standard InChI is InChI=1S/C9H15N5O2/c1-16-9-12-7(13-14-9)11-8(15)10-6-4-2-3-5-6/h6H,2-5H2,1H3,(H3,10,11,12,13,14,15). The highest BCUT2D eigenvalue weighted by atomic mass is 16.5. The number of hydrogen-bond donors (Lipinski definition) is 3. The molecule has 1 aliphatic carbocycles. The van der Waals surface area contributed by atoms with Crippen LogP contribution in [0.2, 0.25) is 0 Å². The van der Waals surface area contributed by atoms with E-state index < -0.39 is 0 Å². The molecule has 1 aliphatic rings. The molecule has 1 fully saturated rings. The average molecular weight is 225 g/mol. The first-order chi connectivity index (χ1) is 7.78. The molecule has 0 aromatic carbocycles. The minimum atomic E-state index is -0.259. The summed E-state index contributed by atoms with van der Waals surface area (Å²) in [7, 11) is 1.46. The second-order valence-electron chi connectivity index (χ2n) is 3.75. The maximum absolute atomic E-state index is 11.5. The van der Waals surface area contributed by atoms with Crippen LogP contribution in [-0.4, -0.2) is 34.4 Å². The van der Waals surface area contributed by atoms with Crippen molar-refractivity contribution in [2.45, 2.75) is 31.7 Å². The van der Waals surface area contributed by atoms with E-state index in [0.717, 1.165) is 12.8 Å². The van der Waals surface area contributed by atoms with Crippen LogP contribution in [0.5, 0.6) is 6.01 Å². The number of nitrogens with zero attached hydrogens (tertiary/aromatic N) is 2. The molecule has 2 amide bonds. The Labute approximate surface area is 93.0 Å². The van der Waals surface area contributed by atoms with Gasteiger partial charge < -0.3 is 10.1 Å². The van der Waals surface area contributed by atoms with Gasteiger partial charge in [0.15, 0.2) is 0 Å². The van der Waals surface area contributed by atoms with Crippen molar-refractivity contribution in [2.24, 2.45) is 0 Å². The largest absolute Gasteiger partial charge is 0.466 e. The van der Waals surface area contributed by atoms with Gasteiger partial charge in [-0.3, -0.25) is 5.32 Å². The fraction of sp³-hybridized carbons (Fsp3) is 0.667. The van der Waals surface area contributed by atoms with Gasteiger partial charge in [0, 0.05) is 6.04 Å². The molecular weight excluding hydrogens is 210 g/mol. The number of methoxy groups -OCH3 is 1. The van der Waals surface area contributed by atoms with Gasteiger partial charge in [-0.2, -0.15) is 4.98 Å². The molecule has 0 bridgehead atoms. The molecule has 0 atom stereocenters.